The van der Waals surface area contributed by atoms with E-state index in [0.29, 0.717) is 18.0 Å². The third kappa shape index (κ3) is 2.78. The molecule has 2 rings (SSSR count). The molecule has 1 aromatic carbocycles. The first kappa shape index (κ1) is 13.6. The van der Waals surface area contributed by atoms with Crippen molar-refractivity contribution < 1.29 is 9.66 Å². The lowest BCUT2D eigenvalue weighted by Gasteiger charge is -2.36. The molecule has 1 atom stereocenters. The van der Waals surface area contributed by atoms with Gasteiger partial charge in [-0.25, -0.2) is 0 Å². The molecule has 0 amide bonds. The molecule has 0 aliphatic carbocycles. The van der Waals surface area contributed by atoms with E-state index in [0.717, 1.165) is 25.8 Å². The van der Waals surface area contributed by atoms with E-state index in [1.54, 1.807) is 12.1 Å². The Kier molecular flexibility index (Phi) is 4.21. The van der Waals surface area contributed by atoms with Crippen molar-refractivity contribution in [3.63, 3.8) is 0 Å². The second-order valence-electron chi connectivity index (χ2n) is 4.69. The molecule has 0 spiro atoms. The maximum Gasteiger partial charge on any atom is 0.296 e. The number of ether oxygens (including phenoxy) is 1. The van der Waals surface area contributed by atoms with Gasteiger partial charge in [-0.2, -0.15) is 0 Å². The van der Waals surface area contributed by atoms with Crippen LogP contribution in [-0.4, -0.2) is 31.2 Å². The minimum atomic E-state index is -0.361. The SMILES string of the molecule is COc1ccc(N2CCCCC2CN)c([N+](=O)[O-])c1. The van der Waals surface area contributed by atoms with Gasteiger partial charge in [0.15, 0.2) is 0 Å². The lowest BCUT2D eigenvalue weighted by atomic mass is 10.0. The summed E-state index contributed by atoms with van der Waals surface area (Å²) in [6, 6.07) is 5.16. The summed E-state index contributed by atoms with van der Waals surface area (Å²) < 4.78 is 5.05. The molecule has 6 nitrogen and oxygen atoms in total. The maximum atomic E-state index is 11.2. The number of nitro benzene ring substituents is 1. The van der Waals surface area contributed by atoms with Crippen molar-refractivity contribution in [2.45, 2.75) is 25.3 Å². The first-order valence-electron chi connectivity index (χ1n) is 6.46. The molecule has 19 heavy (non-hydrogen) atoms. The van der Waals surface area contributed by atoms with E-state index in [2.05, 4.69) is 4.90 Å². The maximum absolute atomic E-state index is 11.2. The first-order chi connectivity index (χ1) is 9.17. The zero-order valence-corrected chi connectivity index (χ0v) is 11.0. The molecule has 0 bridgehead atoms. The molecule has 0 aromatic heterocycles. The Balaban J connectivity index is 2.39. The molecule has 1 aliphatic heterocycles. The molecule has 0 radical (unpaired) electrons. The van der Waals surface area contributed by atoms with Crippen LogP contribution in [0.2, 0.25) is 0 Å². The molecule has 2 N–H and O–H groups in total. The summed E-state index contributed by atoms with van der Waals surface area (Å²) in [7, 11) is 1.50. The molecule has 1 aromatic rings. The van der Waals surface area contributed by atoms with Crippen molar-refractivity contribution in [1.29, 1.82) is 0 Å². The summed E-state index contributed by atoms with van der Waals surface area (Å²) in [6.45, 7) is 1.33. The van der Waals surface area contributed by atoms with Crippen LogP contribution >= 0.6 is 0 Å². The van der Waals surface area contributed by atoms with Gasteiger partial charge >= 0.3 is 0 Å². The predicted octanol–water partition coefficient (Wildman–Crippen LogP) is 1.92. The van der Waals surface area contributed by atoms with Gasteiger partial charge in [0, 0.05) is 19.1 Å². The highest BCUT2D eigenvalue weighted by Gasteiger charge is 2.27. The number of rotatable bonds is 4. The van der Waals surface area contributed by atoms with Crippen molar-refractivity contribution in [2.75, 3.05) is 25.1 Å². The van der Waals surface area contributed by atoms with Gasteiger partial charge in [-0.05, 0) is 31.4 Å². The summed E-state index contributed by atoms with van der Waals surface area (Å²) in [5, 5.41) is 11.2. The Hall–Kier alpha value is -1.82. The Labute approximate surface area is 112 Å². The lowest BCUT2D eigenvalue weighted by molar-refractivity contribution is -0.384. The standard InChI is InChI=1S/C13H19N3O3/c1-19-11-5-6-12(13(8-11)16(17)18)15-7-3-2-4-10(15)9-14/h5-6,8,10H,2-4,7,9,14H2,1H3. The zero-order chi connectivity index (χ0) is 13.8. The van der Waals surface area contributed by atoms with Crippen molar-refractivity contribution in [3.8, 4) is 5.75 Å². The van der Waals surface area contributed by atoms with Crippen molar-refractivity contribution in [1.82, 2.24) is 0 Å². The van der Waals surface area contributed by atoms with Crippen LogP contribution in [-0.2, 0) is 0 Å². The summed E-state index contributed by atoms with van der Waals surface area (Å²) in [5.41, 5.74) is 6.50. The first-order valence-corrected chi connectivity index (χ1v) is 6.46. The van der Waals surface area contributed by atoms with E-state index >= 15 is 0 Å². The highest BCUT2D eigenvalue weighted by atomic mass is 16.6. The molecule has 1 fully saturated rings. The second kappa shape index (κ2) is 5.88. The van der Waals surface area contributed by atoms with Crippen molar-refractivity contribution in [3.05, 3.63) is 28.3 Å². The minimum Gasteiger partial charge on any atom is -0.496 e. The van der Waals surface area contributed by atoms with Crippen LogP contribution in [0.15, 0.2) is 18.2 Å². The Morgan fingerprint density at radius 3 is 2.95 bits per heavy atom. The Bertz CT molecular complexity index is 464. The van der Waals surface area contributed by atoms with Crippen LogP contribution in [0.4, 0.5) is 11.4 Å². The van der Waals surface area contributed by atoms with Gasteiger partial charge in [-0.1, -0.05) is 0 Å². The van der Waals surface area contributed by atoms with Crippen LogP contribution in [0.3, 0.4) is 0 Å². The number of methoxy groups -OCH3 is 1. The van der Waals surface area contributed by atoms with Crippen LogP contribution in [0.1, 0.15) is 19.3 Å². The number of benzene rings is 1. The molecular formula is C13H19N3O3. The van der Waals surface area contributed by atoms with E-state index in [9.17, 15) is 10.1 Å². The minimum absolute atomic E-state index is 0.0831. The van der Waals surface area contributed by atoms with E-state index in [1.165, 1.54) is 13.2 Å². The Morgan fingerprint density at radius 2 is 2.32 bits per heavy atom. The number of nitrogens with two attached hydrogens (primary N) is 1. The third-order valence-corrected chi connectivity index (χ3v) is 3.59. The van der Waals surface area contributed by atoms with E-state index in [-0.39, 0.29) is 16.7 Å². The van der Waals surface area contributed by atoms with Crippen LogP contribution in [0.25, 0.3) is 0 Å². The molecule has 0 saturated carbocycles. The fourth-order valence-electron chi connectivity index (χ4n) is 2.58. The molecule has 1 unspecified atom stereocenters. The van der Waals surface area contributed by atoms with E-state index < -0.39 is 0 Å². The fourth-order valence-corrected chi connectivity index (χ4v) is 2.58. The highest BCUT2D eigenvalue weighted by molar-refractivity contribution is 5.66. The van der Waals surface area contributed by atoms with Gasteiger partial charge in [0.05, 0.1) is 18.1 Å². The van der Waals surface area contributed by atoms with Gasteiger partial charge in [0.1, 0.15) is 11.4 Å². The summed E-state index contributed by atoms with van der Waals surface area (Å²) in [5.74, 6) is 0.497. The molecule has 1 aliphatic rings. The number of nitro groups is 1. The van der Waals surface area contributed by atoms with E-state index in [1.807, 2.05) is 0 Å². The number of hydrogen-bond acceptors (Lipinski definition) is 5. The third-order valence-electron chi connectivity index (χ3n) is 3.59. The lowest BCUT2D eigenvalue weighted by Crippen LogP contribution is -2.44. The summed E-state index contributed by atoms with van der Waals surface area (Å²) in [6.07, 6.45) is 3.15. The largest absolute Gasteiger partial charge is 0.496 e. The van der Waals surface area contributed by atoms with Gasteiger partial charge in [-0.3, -0.25) is 10.1 Å². The average Bonchev–Trinajstić information content (AvgIpc) is 2.46. The van der Waals surface area contributed by atoms with Crippen LogP contribution in [0.5, 0.6) is 5.75 Å². The number of hydrogen-bond donors (Lipinski definition) is 1. The van der Waals surface area contributed by atoms with Crippen LogP contribution < -0.4 is 15.4 Å². The smallest absolute Gasteiger partial charge is 0.296 e. The normalized spacial score (nSPS) is 19.3. The number of anilines is 1. The molecule has 1 saturated heterocycles. The number of piperidine rings is 1. The summed E-state index contributed by atoms with van der Waals surface area (Å²) in [4.78, 5) is 12.9. The van der Waals surface area contributed by atoms with Gasteiger partial charge in [-0.15, -0.1) is 0 Å². The van der Waals surface area contributed by atoms with Gasteiger partial charge in [0.2, 0.25) is 0 Å². The highest BCUT2D eigenvalue weighted by Crippen LogP contribution is 2.35. The predicted molar refractivity (Wildman–Crippen MR) is 73.7 cm³/mol. The van der Waals surface area contributed by atoms with E-state index in [4.69, 9.17) is 10.5 Å². The zero-order valence-electron chi connectivity index (χ0n) is 11.0. The topological polar surface area (TPSA) is 81.6 Å². The van der Waals surface area contributed by atoms with Crippen LogP contribution in [0, 0.1) is 10.1 Å². The van der Waals surface area contributed by atoms with Crippen molar-refractivity contribution >= 4 is 11.4 Å². The van der Waals surface area contributed by atoms with Gasteiger partial charge in [0.25, 0.3) is 5.69 Å². The molecule has 6 heteroatoms. The monoisotopic (exact) mass is 265 g/mol. The van der Waals surface area contributed by atoms with Crippen molar-refractivity contribution in [2.24, 2.45) is 5.73 Å². The van der Waals surface area contributed by atoms with Gasteiger partial charge < -0.3 is 15.4 Å². The molecular weight excluding hydrogens is 246 g/mol. The molecule has 104 valence electrons. The fraction of sp³-hybridized carbons (Fsp3) is 0.538. The molecule has 1 heterocycles. The average molecular weight is 265 g/mol. The number of nitrogens with zero attached hydrogens (tertiary/aromatic N) is 2. The Morgan fingerprint density at radius 1 is 1.53 bits per heavy atom. The second-order valence-corrected chi connectivity index (χ2v) is 4.69. The quantitative estimate of drug-likeness (QED) is 0.664. The summed E-state index contributed by atoms with van der Waals surface area (Å²) >= 11 is 0.